The van der Waals surface area contributed by atoms with Crippen molar-refractivity contribution in [1.82, 2.24) is 10.2 Å². The largest absolute Gasteiger partial charge is 0.497 e. The lowest BCUT2D eigenvalue weighted by Gasteiger charge is -2.31. The van der Waals surface area contributed by atoms with Gasteiger partial charge in [-0.2, -0.15) is 0 Å². The number of carbonyl (C=O) groups is 1. The molecule has 0 bridgehead atoms. The van der Waals surface area contributed by atoms with Crippen molar-refractivity contribution in [3.63, 3.8) is 0 Å². The second kappa shape index (κ2) is 10.2. The third-order valence-electron chi connectivity index (χ3n) is 5.88. The number of nitro groups is 1. The second-order valence-electron chi connectivity index (χ2n) is 7.90. The maximum atomic E-state index is 12.8. The predicted molar refractivity (Wildman–Crippen MR) is 127 cm³/mol. The van der Waals surface area contributed by atoms with Gasteiger partial charge in [0.1, 0.15) is 11.5 Å². The number of anilines is 2. The molecule has 1 amide bonds. The lowest BCUT2D eigenvalue weighted by Crippen LogP contribution is -2.38. The molecule has 0 atom stereocenters. The molecule has 1 fully saturated rings. The number of hydrogen-bond donors (Lipinski definition) is 1. The maximum Gasteiger partial charge on any atom is 0.271 e. The Morgan fingerprint density at radius 2 is 1.76 bits per heavy atom. The van der Waals surface area contributed by atoms with Gasteiger partial charge in [-0.3, -0.25) is 14.9 Å². The molecule has 10 heteroatoms. The molecule has 0 unspecified atom stereocenters. The number of piperidine rings is 1. The summed E-state index contributed by atoms with van der Waals surface area (Å²) >= 11 is 0. The number of carbonyl (C=O) groups excluding carboxylic acids is 1. The van der Waals surface area contributed by atoms with E-state index in [4.69, 9.17) is 9.47 Å². The molecule has 34 heavy (non-hydrogen) atoms. The first-order valence-electron chi connectivity index (χ1n) is 10.8. The van der Waals surface area contributed by atoms with Gasteiger partial charge < -0.3 is 19.7 Å². The van der Waals surface area contributed by atoms with Crippen LogP contribution in [0, 0.1) is 16.0 Å². The molecule has 1 aromatic heterocycles. The third kappa shape index (κ3) is 5.06. The van der Waals surface area contributed by atoms with Crippen molar-refractivity contribution in [3.05, 3.63) is 64.7 Å². The second-order valence-corrected chi connectivity index (χ2v) is 7.90. The first kappa shape index (κ1) is 23.0. The maximum absolute atomic E-state index is 12.8. The normalized spacial score (nSPS) is 13.9. The molecule has 1 N–H and O–H groups in total. The van der Waals surface area contributed by atoms with Crippen molar-refractivity contribution in [2.45, 2.75) is 12.8 Å². The minimum Gasteiger partial charge on any atom is -0.497 e. The van der Waals surface area contributed by atoms with E-state index in [2.05, 4.69) is 20.4 Å². The molecular weight excluding hydrogens is 438 g/mol. The van der Waals surface area contributed by atoms with Crippen LogP contribution in [-0.4, -0.2) is 48.3 Å². The number of aromatic nitrogens is 2. The average Bonchev–Trinajstić information content (AvgIpc) is 2.89. The van der Waals surface area contributed by atoms with Crippen LogP contribution in [0.1, 0.15) is 12.8 Å². The van der Waals surface area contributed by atoms with Crippen molar-refractivity contribution >= 4 is 23.1 Å². The number of non-ortho nitro benzene ring substituents is 1. The highest BCUT2D eigenvalue weighted by atomic mass is 16.6. The molecule has 2 heterocycles. The van der Waals surface area contributed by atoms with Gasteiger partial charge in [0, 0.05) is 36.7 Å². The average molecular weight is 463 g/mol. The van der Waals surface area contributed by atoms with E-state index in [0.717, 1.165) is 22.8 Å². The van der Waals surface area contributed by atoms with Crippen LogP contribution in [0.4, 0.5) is 17.2 Å². The van der Waals surface area contributed by atoms with Crippen LogP contribution >= 0.6 is 0 Å². The van der Waals surface area contributed by atoms with Crippen LogP contribution < -0.4 is 19.7 Å². The summed E-state index contributed by atoms with van der Waals surface area (Å²) in [4.78, 5) is 25.5. The number of ether oxygens (including phenoxy) is 2. The lowest BCUT2D eigenvalue weighted by atomic mass is 9.95. The molecule has 2 aromatic carbocycles. The number of nitrogens with zero attached hydrogens (tertiary/aromatic N) is 4. The van der Waals surface area contributed by atoms with Crippen molar-refractivity contribution < 1.29 is 19.2 Å². The number of rotatable bonds is 7. The molecule has 3 aromatic rings. The lowest BCUT2D eigenvalue weighted by molar-refractivity contribution is -0.384. The van der Waals surface area contributed by atoms with Crippen molar-refractivity contribution in [2.75, 3.05) is 37.5 Å². The molecule has 176 valence electrons. The van der Waals surface area contributed by atoms with Gasteiger partial charge in [-0.05, 0) is 55.3 Å². The van der Waals surface area contributed by atoms with Crippen molar-refractivity contribution in [2.24, 2.45) is 5.92 Å². The summed E-state index contributed by atoms with van der Waals surface area (Å²) in [7, 11) is 3.08. The molecule has 0 radical (unpaired) electrons. The highest BCUT2D eigenvalue weighted by molar-refractivity contribution is 5.94. The molecule has 0 aliphatic carbocycles. The van der Waals surface area contributed by atoms with Gasteiger partial charge in [0.2, 0.25) is 5.91 Å². The van der Waals surface area contributed by atoms with Gasteiger partial charge in [0.15, 0.2) is 5.82 Å². The zero-order chi connectivity index (χ0) is 24.1. The zero-order valence-electron chi connectivity index (χ0n) is 18.9. The van der Waals surface area contributed by atoms with Crippen LogP contribution in [0.15, 0.2) is 54.6 Å². The van der Waals surface area contributed by atoms with Crippen LogP contribution in [0.5, 0.6) is 11.5 Å². The van der Waals surface area contributed by atoms with Gasteiger partial charge in [-0.25, -0.2) is 0 Å². The van der Waals surface area contributed by atoms with Gasteiger partial charge in [0.05, 0.1) is 30.5 Å². The monoisotopic (exact) mass is 463 g/mol. The number of methoxy groups -OCH3 is 2. The number of amides is 1. The molecule has 10 nitrogen and oxygen atoms in total. The third-order valence-corrected chi connectivity index (χ3v) is 5.88. The Hall–Kier alpha value is -4.21. The summed E-state index contributed by atoms with van der Waals surface area (Å²) in [5.41, 5.74) is 1.91. The van der Waals surface area contributed by atoms with E-state index in [-0.39, 0.29) is 17.5 Å². The van der Waals surface area contributed by atoms with Crippen LogP contribution in [-0.2, 0) is 4.79 Å². The Morgan fingerprint density at radius 1 is 1.03 bits per heavy atom. The summed E-state index contributed by atoms with van der Waals surface area (Å²) in [6.07, 6.45) is 1.26. The summed E-state index contributed by atoms with van der Waals surface area (Å²) in [6.45, 7) is 1.31. The van der Waals surface area contributed by atoms with Crippen LogP contribution in [0.25, 0.3) is 11.3 Å². The van der Waals surface area contributed by atoms with E-state index in [9.17, 15) is 14.9 Å². The van der Waals surface area contributed by atoms with E-state index in [1.165, 1.54) is 25.3 Å². The molecular formula is C24H25N5O5. The van der Waals surface area contributed by atoms with E-state index in [1.54, 1.807) is 7.11 Å². The molecule has 0 spiro atoms. The number of nitrogens with one attached hydrogen (secondary N) is 1. The zero-order valence-corrected chi connectivity index (χ0v) is 18.9. The Balaban J connectivity index is 1.36. The number of hydrogen-bond acceptors (Lipinski definition) is 8. The molecule has 1 saturated heterocycles. The fourth-order valence-corrected chi connectivity index (χ4v) is 3.92. The predicted octanol–water partition coefficient (Wildman–Crippen LogP) is 3.92. The SMILES string of the molecule is COc1ccc(-c2ccc(N3CCC(C(=O)Nc4cc([N+](=O)[O-])ccc4OC)CC3)nn2)cc1. The molecule has 1 aliphatic rings. The quantitative estimate of drug-likeness (QED) is 0.413. The minimum atomic E-state index is -0.505. The first-order valence-corrected chi connectivity index (χ1v) is 10.8. The minimum absolute atomic E-state index is 0.109. The Morgan fingerprint density at radius 3 is 2.35 bits per heavy atom. The fourth-order valence-electron chi connectivity index (χ4n) is 3.92. The van der Waals surface area contributed by atoms with Crippen molar-refractivity contribution in [1.29, 1.82) is 0 Å². The molecule has 1 aliphatic heterocycles. The number of nitro benzene ring substituents is 1. The summed E-state index contributed by atoms with van der Waals surface area (Å²) in [5, 5.41) is 22.6. The Kier molecular flexibility index (Phi) is 6.86. The topological polar surface area (TPSA) is 120 Å². The first-order chi connectivity index (χ1) is 16.5. The van der Waals surface area contributed by atoms with Crippen LogP contribution in [0.3, 0.4) is 0 Å². The van der Waals surface area contributed by atoms with E-state index in [0.29, 0.717) is 37.4 Å². The smallest absolute Gasteiger partial charge is 0.271 e. The van der Waals surface area contributed by atoms with Gasteiger partial charge in [-0.1, -0.05) is 0 Å². The molecule has 4 rings (SSSR count). The Labute approximate surface area is 196 Å². The van der Waals surface area contributed by atoms with Crippen LogP contribution in [0.2, 0.25) is 0 Å². The summed E-state index contributed by atoms with van der Waals surface area (Å²) in [5.74, 6) is 1.52. The van der Waals surface area contributed by atoms with E-state index >= 15 is 0 Å². The van der Waals surface area contributed by atoms with Gasteiger partial charge in [-0.15, -0.1) is 10.2 Å². The van der Waals surface area contributed by atoms with E-state index in [1.807, 2.05) is 36.4 Å². The highest BCUT2D eigenvalue weighted by Crippen LogP contribution is 2.31. The van der Waals surface area contributed by atoms with Gasteiger partial charge in [0.25, 0.3) is 5.69 Å². The standard InChI is InChI=1S/C24H25N5O5/c1-33-19-6-3-16(4-7-19)20-8-10-23(27-26-20)28-13-11-17(12-14-28)24(30)25-21-15-18(29(31)32)5-9-22(21)34-2/h3-10,15,17H,11-14H2,1-2H3,(H,25,30). The molecule has 0 saturated carbocycles. The van der Waals surface area contributed by atoms with Crippen molar-refractivity contribution in [3.8, 4) is 22.8 Å². The fraction of sp³-hybridized carbons (Fsp3) is 0.292. The highest BCUT2D eigenvalue weighted by Gasteiger charge is 2.27. The van der Waals surface area contributed by atoms with Gasteiger partial charge >= 0.3 is 0 Å². The summed E-state index contributed by atoms with van der Waals surface area (Å²) in [6, 6.07) is 15.6. The summed E-state index contributed by atoms with van der Waals surface area (Å²) < 4.78 is 10.4. The number of benzene rings is 2. The Bertz CT molecular complexity index is 1160. The van der Waals surface area contributed by atoms with E-state index < -0.39 is 4.92 Å².